The van der Waals surface area contributed by atoms with Crippen molar-refractivity contribution in [3.63, 3.8) is 0 Å². The second-order valence-electron chi connectivity index (χ2n) is 4.19. The van der Waals surface area contributed by atoms with Gasteiger partial charge in [0, 0.05) is 22.8 Å². The number of para-hydroxylation sites is 1. The SMILES string of the molecule is COc1c(Cl)cccc1C1=C(N)CC(C)C1=O. The van der Waals surface area contributed by atoms with Gasteiger partial charge in [0.05, 0.1) is 12.1 Å². The molecule has 0 aromatic heterocycles. The Balaban J connectivity index is 2.59. The van der Waals surface area contributed by atoms with Gasteiger partial charge in [-0.1, -0.05) is 30.7 Å². The standard InChI is InChI=1S/C13H14ClNO2/c1-7-6-10(15)11(12(7)16)8-4-3-5-9(14)13(8)17-2/h3-5,7H,6,15H2,1-2H3. The molecule has 0 bridgehead atoms. The van der Waals surface area contributed by atoms with Gasteiger partial charge in [-0.15, -0.1) is 0 Å². The first-order valence-corrected chi connectivity index (χ1v) is 5.79. The molecule has 1 atom stereocenters. The number of rotatable bonds is 2. The molecule has 0 spiro atoms. The third-order valence-electron chi connectivity index (χ3n) is 2.98. The van der Waals surface area contributed by atoms with E-state index < -0.39 is 0 Å². The molecule has 2 rings (SSSR count). The maximum absolute atomic E-state index is 12.1. The number of carbonyl (C=O) groups is 1. The van der Waals surface area contributed by atoms with E-state index in [4.69, 9.17) is 22.1 Å². The minimum atomic E-state index is -0.0614. The van der Waals surface area contributed by atoms with Gasteiger partial charge < -0.3 is 10.5 Å². The molecular formula is C13H14ClNO2. The van der Waals surface area contributed by atoms with Crippen molar-refractivity contribution in [3.05, 3.63) is 34.5 Å². The van der Waals surface area contributed by atoms with Crippen molar-refractivity contribution in [2.45, 2.75) is 13.3 Å². The van der Waals surface area contributed by atoms with Crippen LogP contribution in [0.1, 0.15) is 18.9 Å². The number of hydrogen-bond donors (Lipinski definition) is 1. The van der Waals surface area contributed by atoms with Crippen LogP contribution in [0, 0.1) is 5.92 Å². The van der Waals surface area contributed by atoms with Gasteiger partial charge in [-0.05, 0) is 12.5 Å². The Bertz CT molecular complexity index is 508. The average Bonchev–Trinajstić information content (AvgIpc) is 2.53. The smallest absolute Gasteiger partial charge is 0.168 e. The van der Waals surface area contributed by atoms with Gasteiger partial charge >= 0.3 is 0 Å². The number of Topliss-reactive ketones (excluding diaryl/α,β-unsaturated/α-hetero) is 1. The Morgan fingerprint density at radius 3 is 2.71 bits per heavy atom. The summed E-state index contributed by atoms with van der Waals surface area (Å²) in [5, 5.41) is 0.484. The van der Waals surface area contributed by atoms with Crippen LogP contribution in [-0.2, 0) is 4.79 Å². The highest BCUT2D eigenvalue weighted by Gasteiger charge is 2.31. The van der Waals surface area contributed by atoms with Crippen molar-refractivity contribution in [2.24, 2.45) is 11.7 Å². The Kier molecular flexibility index (Phi) is 3.11. The summed E-state index contributed by atoms with van der Waals surface area (Å²) in [6.45, 7) is 1.87. The van der Waals surface area contributed by atoms with Crippen molar-refractivity contribution in [1.29, 1.82) is 0 Å². The first-order valence-electron chi connectivity index (χ1n) is 5.42. The van der Waals surface area contributed by atoms with Crippen LogP contribution in [0.15, 0.2) is 23.9 Å². The molecule has 1 aromatic rings. The lowest BCUT2D eigenvalue weighted by molar-refractivity contribution is -0.116. The highest BCUT2D eigenvalue weighted by atomic mass is 35.5. The van der Waals surface area contributed by atoms with Crippen LogP contribution in [-0.4, -0.2) is 12.9 Å². The van der Waals surface area contributed by atoms with E-state index in [0.29, 0.717) is 34.0 Å². The summed E-state index contributed by atoms with van der Waals surface area (Å²) in [6, 6.07) is 5.32. The van der Waals surface area contributed by atoms with Gasteiger partial charge in [-0.2, -0.15) is 0 Å². The molecule has 3 nitrogen and oxygen atoms in total. The largest absolute Gasteiger partial charge is 0.495 e. The Morgan fingerprint density at radius 1 is 1.47 bits per heavy atom. The third kappa shape index (κ3) is 1.91. The number of halogens is 1. The van der Waals surface area contributed by atoms with Gasteiger partial charge in [0.25, 0.3) is 0 Å². The average molecular weight is 252 g/mol. The number of ether oxygens (including phenoxy) is 1. The molecule has 4 heteroatoms. The molecule has 0 saturated heterocycles. The molecule has 0 saturated carbocycles. The minimum absolute atomic E-state index is 0.0584. The maximum atomic E-state index is 12.1. The molecule has 90 valence electrons. The summed E-state index contributed by atoms with van der Waals surface area (Å²) in [4.78, 5) is 12.1. The predicted molar refractivity (Wildman–Crippen MR) is 67.9 cm³/mol. The van der Waals surface area contributed by atoms with Crippen molar-refractivity contribution in [2.75, 3.05) is 7.11 Å². The number of methoxy groups -OCH3 is 1. The normalized spacial score (nSPS) is 19.9. The molecule has 0 radical (unpaired) electrons. The van der Waals surface area contributed by atoms with Crippen molar-refractivity contribution in [1.82, 2.24) is 0 Å². The van der Waals surface area contributed by atoms with E-state index in [0.717, 1.165) is 0 Å². The Hall–Kier alpha value is -1.48. The predicted octanol–water partition coefficient (Wildman–Crippen LogP) is 2.63. The summed E-state index contributed by atoms with van der Waals surface area (Å²) in [5.41, 5.74) is 7.78. The summed E-state index contributed by atoms with van der Waals surface area (Å²) >= 11 is 6.04. The lowest BCUT2D eigenvalue weighted by Gasteiger charge is -2.11. The molecule has 0 amide bonds. The fourth-order valence-corrected chi connectivity index (χ4v) is 2.40. The fraction of sp³-hybridized carbons (Fsp3) is 0.308. The van der Waals surface area contributed by atoms with E-state index in [1.165, 1.54) is 7.11 Å². The van der Waals surface area contributed by atoms with Crippen molar-refractivity contribution >= 4 is 23.0 Å². The summed E-state index contributed by atoms with van der Waals surface area (Å²) in [5.74, 6) is 0.506. The molecule has 1 aliphatic carbocycles. The van der Waals surface area contributed by atoms with Crippen molar-refractivity contribution in [3.8, 4) is 5.75 Å². The van der Waals surface area contributed by atoms with Gasteiger partial charge in [-0.3, -0.25) is 4.79 Å². The number of carbonyl (C=O) groups excluding carboxylic acids is 1. The van der Waals surface area contributed by atoms with Crippen LogP contribution in [0.3, 0.4) is 0 Å². The summed E-state index contributed by atoms with van der Waals surface area (Å²) in [7, 11) is 1.53. The van der Waals surface area contributed by atoms with Gasteiger partial charge in [0.15, 0.2) is 5.78 Å². The highest BCUT2D eigenvalue weighted by Crippen LogP contribution is 2.39. The van der Waals surface area contributed by atoms with E-state index in [-0.39, 0.29) is 11.7 Å². The van der Waals surface area contributed by atoms with Gasteiger partial charge in [0.2, 0.25) is 0 Å². The van der Waals surface area contributed by atoms with Gasteiger partial charge in [-0.25, -0.2) is 0 Å². The van der Waals surface area contributed by atoms with Crippen LogP contribution in [0.4, 0.5) is 0 Å². The van der Waals surface area contributed by atoms with E-state index in [1.54, 1.807) is 12.1 Å². The molecule has 0 fully saturated rings. The van der Waals surface area contributed by atoms with Crippen LogP contribution in [0.25, 0.3) is 5.57 Å². The molecule has 2 N–H and O–H groups in total. The number of hydrogen-bond acceptors (Lipinski definition) is 3. The second kappa shape index (κ2) is 4.41. The molecule has 0 heterocycles. The molecule has 0 aliphatic heterocycles. The fourth-order valence-electron chi connectivity index (χ4n) is 2.15. The van der Waals surface area contributed by atoms with Crippen LogP contribution in [0.5, 0.6) is 5.75 Å². The molecule has 17 heavy (non-hydrogen) atoms. The second-order valence-corrected chi connectivity index (χ2v) is 4.60. The van der Waals surface area contributed by atoms with Crippen LogP contribution < -0.4 is 10.5 Å². The first kappa shape index (κ1) is 12.0. The first-order chi connectivity index (χ1) is 8.06. The quantitative estimate of drug-likeness (QED) is 0.879. The lowest BCUT2D eigenvalue weighted by Crippen LogP contribution is -2.06. The lowest BCUT2D eigenvalue weighted by atomic mass is 9.99. The zero-order valence-electron chi connectivity index (χ0n) is 9.79. The van der Waals surface area contributed by atoms with Crippen molar-refractivity contribution < 1.29 is 9.53 Å². The van der Waals surface area contributed by atoms with E-state index in [2.05, 4.69) is 0 Å². The zero-order chi connectivity index (χ0) is 12.6. The summed E-state index contributed by atoms with van der Waals surface area (Å²) in [6.07, 6.45) is 0.601. The molecular weight excluding hydrogens is 238 g/mol. The van der Waals surface area contributed by atoms with Gasteiger partial charge in [0.1, 0.15) is 5.75 Å². The van der Waals surface area contributed by atoms with Crippen LogP contribution >= 0.6 is 11.6 Å². The van der Waals surface area contributed by atoms with E-state index >= 15 is 0 Å². The molecule has 1 aliphatic rings. The third-order valence-corrected chi connectivity index (χ3v) is 3.28. The minimum Gasteiger partial charge on any atom is -0.495 e. The Morgan fingerprint density at radius 2 is 2.18 bits per heavy atom. The number of benzene rings is 1. The summed E-state index contributed by atoms with van der Waals surface area (Å²) < 4.78 is 5.25. The van der Waals surface area contributed by atoms with E-state index in [9.17, 15) is 4.79 Å². The van der Waals surface area contributed by atoms with Crippen LogP contribution in [0.2, 0.25) is 5.02 Å². The number of allylic oxidation sites excluding steroid dienone is 2. The molecule has 1 aromatic carbocycles. The number of ketones is 1. The zero-order valence-corrected chi connectivity index (χ0v) is 10.5. The monoisotopic (exact) mass is 251 g/mol. The van der Waals surface area contributed by atoms with E-state index in [1.807, 2.05) is 13.0 Å². The topological polar surface area (TPSA) is 52.3 Å². The maximum Gasteiger partial charge on any atom is 0.168 e. The Labute approximate surface area is 105 Å². The highest BCUT2D eigenvalue weighted by molar-refractivity contribution is 6.33. The number of nitrogens with two attached hydrogens (primary N) is 1. The molecule has 1 unspecified atom stereocenters.